The Morgan fingerprint density at radius 1 is 1.61 bits per heavy atom. The zero-order valence-corrected chi connectivity index (χ0v) is 11.2. The quantitative estimate of drug-likeness (QED) is 0.844. The van der Waals surface area contributed by atoms with Gasteiger partial charge in [-0.2, -0.15) is 0 Å². The van der Waals surface area contributed by atoms with E-state index in [-0.39, 0.29) is 12.1 Å². The number of hydrogen-bond donors (Lipinski definition) is 2. The van der Waals surface area contributed by atoms with E-state index in [0.717, 1.165) is 24.9 Å². The van der Waals surface area contributed by atoms with Crippen molar-refractivity contribution in [2.24, 2.45) is 5.73 Å². The lowest BCUT2D eigenvalue weighted by molar-refractivity contribution is 0.0593. The number of aromatic nitrogens is 1. The molecule has 1 aliphatic heterocycles. The highest BCUT2D eigenvalue weighted by atomic mass is 16.3. The fraction of sp³-hybridized carbons (Fsp3) is 0.643. The van der Waals surface area contributed by atoms with Crippen molar-refractivity contribution in [1.82, 2.24) is 9.88 Å². The highest BCUT2D eigenvalue weighted by molar-refractivity contribution is 5.17. The molecule has 100 valence electrons. The Morgan fingerprint density at radius 2 is 2.39 bits per heavy atom. The first-order chi connectivity index (χ1) is 8.53. The molecule has 3 N–H and O–H groups in total. The number of aliphatic hydroxyl groups is 1. The van der Waals surface area contributed by atoms with Crippen molar-refractivity contribution in [2.45, 2.75) is 44.4 Å². The fourth-order valence-corrected chi connectivity index (χ4v) is 2.72. The van der Waals surface area contributed by atoms with E-state index in [2.05, 4.69) is 22.9 Å². The number of β-amino-alcohol motifs (C(OH)–C–C–N with tert-alkyl or cyclic N) is 1. The van der Waals surface area contributed by atoms with Crippen molar-refractivity contribution in [3.05, 3.63) is 30.1 Å². The molecule has 1 aromatic heterocycles. The van der Waals surface area contributed by atoms with Crippen LogP contribution in [0, 0.1) is 0 Å². The maximum atomic E-state index is 10.1. The third-order valence-electron chi connectivity index (χ3n) is 3.78. The maximum Gasteiger partial charge on any atom is 0.0758 e. The van der Waals surface area contributed by atoms with Crippen molar-refractivity contribution in [3.63, 3.8) is 0 Å². The normalized spacial score (nSPS) is 28.2. The third-order valence-corrected chi connectivity index (χ3v) is 3.78. The highest BCUT2D eigenvalue weighted by Crippen LogP contribution is 2.31. The monoisotopic (exact) mass is 249 g/mol. The summed E-state index contributed by atoms with van der Waals surface area (Å²) in [6.07, 6.45) is 5.38. The summed E-state index contributed by atoms with van der Waals surface area (Å²) in [5.74, 6) is 0. The summed E-state index contributed by atoms with van der Waals surface area (Å²) in [5.41, 5.74) is 6.82. The molecular formula is C14H23N3O. The first-order valence-corrected chi connectivity index (χ1v) is 6.65. The lowest BCUT2D eigenvalue weighted by Crippen LogP contribution is -2.41. The van der Waals surface area contributed by atoms with Crippen molar-refractivity contribution in [3.8, 4) is 0 Å². The first kappa shape index (κ1) is 13.5. The SMILES string of the molecule is CCC(N)C(c1cccnc1)N1CCC(C)(O)C1. The number of nitrogens with two attached hydrogens (primary N) is 1. The Balaban J connectivity index is 2.22. The molecule has 1 aromatic rings. The molecule has 0 amide bonds. The van der Waals surface area contributed by atoms with Crippen LogP contribution in [0.4, 0.5) is 0 Å². The lowest BCUT2D eigenvalue weighted by atomic mass is 9.98. The molecule has 1 fully saturated rings. The van der Waals surface area contributed by atoms with E-state index in [1.165, 1.54) is 0 Å². The molecule has 0 aromatic carbocycles. The molecule has 2 heterocycles. The van der Waals surface area contributed by atoms with Crippen LogP contribution in [0.5, 0.6) is 0 Å². The standard InChI is InChI=1S/C14H23N3O/c1-3-12(15)13(11-5-4-7-16-9-11)17-8-6-14(2,18)10-17/h4-5,7,9,12-13,18H,3,6,8,10,15H2,1-2H3. The number of hydrogen-bond acceptors (Lipinski definition) is 4. The van der Waals surface area contributed by atoms with Gasteiger partial charge in [-0.05, 0) is 31.4 Å². The van der Waals surface area contributed by atoms with Crippen LogP contribution in [0.2, 0.25) is 0 Å². The van der Waals surface area contributed by atoms with Gasteiger partial charge in [0.05, 0.1) is 11.6 Å². The molecule has 1 saturated heterocycles. The summed E-state index contributed by atoms with van der Waals surface area (Å²) in [6, 6.07) is 4.24. The van der Waals surface area contributed by atoms with Gasteiger partial charge in [0.2, 0.25) is 0 Å². The Hall–Kier alpha value is -0.970. The van der Waals surface area contributed by atoms with Crippen molar-refractivity contribution in [1.29, 1.82) is 0 Å². The average molecular weight is 249 g/mol. The summed E-state index contributed by atoms with van der Waals surface area (Å²) in [5, 5.41) is 10.1. The molecule has 3 unspecified atom stereocenters. The van der Waals surface area contributed by atoms with Crippen LogP contribution in [0.25, 0.3) is 0 Å². The van der Waals surface area contributed by atoms with Gasteiger partial charge < -0.3 is 10.8 Å². The van der Waals surface area contributed by atoms with Gasteiger partial charge in [-0.15, -0.1) is 0 Å². The lowest BCUT2D eigenvalue weighted by Gasteiger charge is -2.33. The minimum atomic E-state index is -0.589. The van der Waals surface area contributed by atoms with E-state index in [9.17, 15) is 5.11 Å². The largest absolute Gasteiger partial charge is 0.389 e. The molecule has 18 heavy (non-hydrogen) atoms. The molecule has 0 bridgehead atoms. The topological polar surface area (TPSA) is 62.4 Å². The van der Waals surface area contributed by atoms with Crippen molar-refractivity contribution >= 4 is 0 Å². The van der Waals surface area contributed by atoms with Gasteiger partial charge in [0.25, 0.3) is 0 Å². The van der Waals surface area contributed by atoms with E-state index in [1.807, 2.05) is 19.2 Å². The second kappa shape index (κ2) is 5.34. The predicted molar refractivity (Wildman–Crippen MR) is 72.1 cm³/mol. The average Bonchev–Trinajstić information content (AvgIpc) is 2.71. The van der Waals surface area contributed by atoms with Crippen LogP contribution in [-0.4, -0.2) is 39.7 Å². The van der Waals surface area contributed by atoms with Crippen LogP contribution in [0.15, 0.2) is 24.5 Å². The van der Waals surface area contributed by atoms with Gasteiger partial charge in [0, 0.05) is 31.5 Å². The van der Waals surface area contributed by atoms with Gasteiger partial charge in [-0.3, -0.25) is 9.88 Å². The second-order valence-corrected chi connectivity index (χ2v) is 5.52. The molecule has 4 heteroatoms. The highest BCUT2D eigenvalue weighted by Gasteiger charge is 2.37. The molecular weight excluding hydrogens is 226 g/mol. The van der Waals surface area contributed by atoms with Gasteiger partial charge in [0.1, 0.15) is 0 Å². The molecule has 2 rings (SSSR count). The summed E-state index contributed by atoms with van der Waals surface area (Å²) in [7, 11) is 0. The maximum absolute atomic E-state index is 10.1. The van der Waals surface area contributed by atoms with Gasteiger partial charge in [-0.1, -0.05) is 13.0 Å². The number of likely N-dealkylation sites (tertiary alicyclic amines) is 1. The van der Waals surface area contributed by atoms with Crippen LogP contribution >= 0.6 is 0 Å². The molecule has 3 atom stereocenters. The molecule has 0 aliphatic carbocycles. The Kier molecular flexibility index (Phi) is 4.00. The summed E-state index contributed by atoms with van der Waals surface area (Å²) in [4.78, 5) is 6.47. The summed E-state index contributed by atoms with van der Waals surface area (Å²) in [6.45, 7) is 5.56. The van der Waals surface area contributed by atoms with E-state index in [0.29, 0.717) is 6.54 Å². The summed E-state index contributed by atoms with van der Waals surface area (Å²) < 4.78 is 0. The second-order valence-electron chi connectivity index (χ2n) is 5.52. The van der Waals surface area contributed by atoms with Gasteiger partial charge in [0.15, 0.2) is 0 Å². The van der Waals surface area contributed by atoms with Crippen molar-refractivity contribution in [2.75, 3.05) is 13.1 Å². The number of nitrogens with zero attached hydrogens (tertiary/aromatic N) is 2. The van der Waals surface area contributed by atoms with E-state index < -0.39 is 5.60 Å². The smallest absolute Gasteiger partial charge is 0.0758 e. The van der Waals surface area contributed by atoms with E-state index >= 15 is 0 Å². The first-order valence-electron chi connectivity index (χ1n) is 6.65. The predicted octanol–water partition coefficient (Wildman–Crippen LogP) is 1.32. The zero-order chi connectivity index (χ0) is 13.2. The molecule has 0 spiro atoms. The fourth-order valence-electron chi connectivity index (χ4n) is 2.72. The van der Waals surface area contributed by atoms with Crippen molar-refractivity contribution < 1.29 is 5.11 Å². The Labute approximate surface area is 109 Å². The molecule has 0 saturated carbocycles. The van der Waals surface area contributed by atoms with Crippen LogP contribution in [-0.2, 0) is 0 Å². The van der Waals surface area contributed by atoms with E-state index in [1.54, 1.807) is 6.20 Å². The molecule has 1 aliphatic rings. The number of rotatable bonds is 4. The van der Waals surface area contributed by atoms with Crippen LogP contribution in [0.3, 0.4) is 0 Å². The van der Waals surface area contributed by atoms with E-state index in [4.69, 9.17) is 5.73 Å². The molecule has 4 nitrogen and oxygen atoms in total. The van der Waals surface area contributed by atoms with Gasteiger partial charge >= 0.3 is 0 Å². The van der Waals surface area contributed by atoms with Gasteiger partial charge in [-0.25, -0.2) is 0 Å². The third kappa shape index (κ3) is 2.88. The minimum Gasteiger partial charge on any atom is -0.389 e. The molecule has 0 radical (unpaired) electrons. The minimum absolute atomic E-state index is 0.0723. The van der Waals surface area contributed by atoms with Crippen LogP contribution in [0.1, 0.15) is 38.3 Å². The zero-order valence-electron chi connectivity index (χ0n) is 11.2. The Bertz CT molecular complexity index is 380. The Morgan fingerprint density at radius 3 is 2.89 bits per heavy atom. The number of pyridine rings is 1. The van der Waals surface area contributed by atoms with Crippen LogP contribution < -0.4 is 5.73 Å². The summed E-state index contributed by atoms with van der Waals surface area (Å²) >= 11 is 0.